The number of benzene rings is 4. The van der Waals surface area contributed by atoms with E-state index in [2.05, 4.69) is 5.32 Å². The number of carbonyl (C=O) groups is 3. The van der Waals surface area contributed by atoms with Gasteiger partial charge in [-0.2, -0.15) is 26.3 Å². The van der Waals surface area contributed by atoms with Crippen molar-refractivity contribution < 1.29 is 59.7 Å². The van der Waals surface area contributed by atoms with Crippen LogP contribution in [0.3, 0.4) is 0 Å². The first kappa shape index (κ1) is 57.6. The maximum atomic E-state index is 14.0. The van der Waals surface area contributed by atoms with Crippen molar-refractivity contribution >= 4 is 41.8 Å². The zero-order valence-electron chi connectivity index (χ0n) is 43.5. The number of methoxy groups -OCH3 is 1. The van der Waals surface area contributed by atoms with E-state index >= 15 is 0 Å². The second kappa shape index (κ2) is 24.4. The largest absolute Gasteiger partial charge is 0.489 e. The lowest BCUT2D eigenvalue weighted by Crippen LogP contribution is -2.51. The molecule has 0 unspecified atom stereocenters. The molecule has 404 valence electrons. The summed E-state index contributed by atoms with van der Waals surface area (Å²) in [4.78, 5) is 41.4. The highest BCUT2D eigenvalue weighted by Crippen LogP contribution is 2.44. The van der Waals surface area contributed by atoms with E-state index in [9.17, 15) is 40.7 Å². The second-order valence-corrected chi connectivity index (χ2v) is 20.8. The molecular weight excluding hydrogens is 988 g/mol. The number of rotatable bonds is 12. The Balaban J connectivity index is 0.000000263. The number of ether oxygens (including phenoxy) is 4. The maximum Gasteiger partial charge on any atom is 0.416 e. The molecule has 2 aliphatic heterocycles. The van der Waals surface area contributed by atoms with Gasteiger partial charge in [-0.05, 0) is 166 Å². The lowest BCUT2D eigenvalue weighted by molar-refractivity contribution is -0.144. The average molecular weight is 1060 g/mol. The molecular formula is C57H70ClF6N3O7. The summed E-state index contributed by atoms with van der Waals surface area (Å²) < 4.78 is 105. The number of alkyl halides is 6. The second-order valence-electron chi connectivity index (χ2n) is 20.8. The number of likely N-dealkylation sites (N-methyl/N-ethyl adjacent to an activating group) is 1. The van der Waals surface area contributed by atoms with Crippen LogP contribution in [0.2, 0.25) is 0 Å². The fourth-order valence-electron chi connectivity index (χ4n) is 10.7. The smallest absolute Gasteiger partial charge is 0.416 e. The van der Waals surface area contributed by atoms with Gasteiger partial charge in [-0.25, -0.2) is 4.79 Å². The summed E-state index contributed by atoms with van der Waals surface area (Å²) >= 11 is 0. The Hall–Kier alpha value is -5.64. The lowest BCUT2D eigenvalue weighted by atomic mass is 9.81. The van der Waals surface area contributed by atoms with Crippen molar-refractivity contribution in [1.29, 1.82) is 0 Å². The highest BCUT2D eigenvalue weighted by atomic mass is 35.5. The van der Waals surface area contributed by atoms with Gasteiger partial charge in [-0.15, -0.1) is 12.4 Å². The summed E-state index contributed by atoms with van der Waals surface area (Å²) in [6.45, 7) is 10.3. The average Bonchev–Trinajstić information content (AvgIpc) is 4.03. The van der Waals surface area contributed by atoms with Gasteiger partial charge in [-0.1, -0.05) is 62.8 Å². The molecule has 0 saturated heterocycles. The molecule has 2 amide bonds. The molecule has 2 heterocycles. The number of anilines is 2. The molecule has 1 atom stereocenters. The summed E-state index contributed by atoms with van der Waals surface area (Å²) in [5, 5.41) is 3.32. The van der Waals surface area contributed by atoms with Crippen LogP contribution in [0, 0.1) is 13.8 Å². The highest BCUT2D eigenvalue weighted by molar-refractivity contribution is 6.02. The summed E-state index contributed by atoms with van der Waals surface area (Å²) in [5.41, 5.74) is 5.59. The predicted octanol–water partition coefficient (Wildman–Crippen LogP) is 14.4. The molecule has 0 bridgehead atoms. The van der Waals surface area contributed by atoms with E-state index in [4.69, 9.17) is 18.9 Å². The molecule has 0 spiro atoms. The highest BCUT2D eigenvalue weighted by Gasteiger charge is 2.40. The number of fused-ring (bicyclic) bond motifs is 2. The Labute approximate surface area is 437 Å². The zero-order chi connectivity index (χ0) is 52.8. The first-order valence-corrected chi connectivity index (χ1v) is 25.5. The van der Waals surface area contributed by atoms with Crippen LogP contribution < -0.4 is 19.7 Å². The lowest BCUT2D eigenvalue weighted by Gasteiger charge is -2.32. The number of carbonyl (C=O) groups excluding carboxylic acids is 3. The number of halogens is 7. The van der Waals surface area contributed by atoms with Gasteiger partial charge in [0, 0.05) is 31.5 Å². The van der Waals surface area contributed by atoms with Gasteiger partial charge in [0.05, 0.1) is 24.7 Å². The molecule has 4 aromatic carbocycles. The Kier molecular flexibility index (Phi) is 19.0. The number of nitrogens with zero attached hydrogens (tertiary/aromatic N) is 2. The minimum absolute atomic E-state index is 0. The van der Waals surface area contributed by atoms with Crippen LogP contribution in [0.1, 0.15) is 159 Å². The number of amides is 2. The van der Waals surface area contributed by atoms with Crippen LogP contribution in [-0.4, -0.2) is 61.8 Å². The van der Waals surface area contributed by atoms with Crippen LogP contribution in [-0.2, 0) is 57.5 Å². The molecule has 74 heavy (non-hydrogen) atoms. The van der Waals surface area contributed by atoms with Crippen molar-refractivity contribution in [2.75, 3.05) is 37.5 Å². The Morgan fingerprint density at radius 1 is 0.703 bits per heavy atom. The van der Waals surface area contributed by atoms with E-state index in [0.29, 0.717) is 46.7 Å². The van der Waals surface area contributed by atoms with Crippen molar-refractivity contribution in [3.63, 3.8) is 0 Å². The Morgan fingerprint density at radius 3 is 1.69 bits per heavy atom. The van der Waals surface area contributed by atoms with Crippen molar-refractivity contribution in [1.82, 2.24) is 4.90 Å². The molecule has 2 saturated carbocycles. The van der Waals surface area contributed by atoms with Crippen molar-refractivity contribution in [2.24, 2.45) is 0 Å². The zero-order valence-corrected chi connectivity index (χ0v) is 44.3. The summed E-state index contributed by atoms with van der Waals surface area (Å²) in [6, 6.07) is 15.4. The van der Waals surface area contributed by atoms with Crippen molar-refractivity contribution in [3.05, 3.63) is 116 Å². The number of hydrogen-bond donors (Lipinski definition) is 1. The van der Waals surface area contributed by atoms with Crippen LogP contribution in [0.5, 0.6) is 11.5 Å². The molecule has 4 aromatic rings. The molecule has 0 radical (unpaired) electrons. The maximum absolute atomic E-state index is 14.0. The van der Waals surface area contributed by atoms with Crippen molar-refractivity contribution in [3.8, 4) is 11.5 Å². The summed E-state index contributed by atoms with van der Waals surface area (Å²) in [6.07, 6.45) is 0.907. The number of hydrogen-bond acceptors (Lipinski definition) is 8. The SMILES string of the molecule is COC(=O)C[C@H](C(=O)N1CCc2c1ccc(OCc1ccc(C3CCCCC3)c(C(F)(F)F)c1)c2C)N(C)C(=O)OC(C)(C)C.Cc1c(OCc2ccc(C3CCCCC3)c(C(F)(F)F)c2)ccc2c1CCN2.Cl. The van der Waals surface area contributed by atoms with Crippen LogP contribution in [0.25, 0.3) is 0 Å². The van der Waals surface area contributed by atoms with E-state index in [1.165, 1.54) is 36.8 Å². The normalized spacial score (nSPS) is 16.4. The van der Waals surface area contributed by atoms with E-state index in [-0.39, 0.29) is 43.9 Å². The van der Waals surface area contributed by atoms with Gasteiger partial charge in [0.25, 0.3) is 5.91 Å². The third-order valence-corrected chi connectivity index (χ3v) is 14.7. The summed E-state index contributed by atoms with van der Waals surface area (Å²) in [5.74, 6) is 0.0806. The molecule has 4 aliphatic rings. The minimum atomic E-state index is -4.45. The quantitative estimate of drug-likeness (QED) is 0.110. The first-order valence-electron chi connectivity index (χ1n) is 25.5. The van der Waals surface area contributed by atoms with Crippen LogP contribution in [0.15, 0.2) is 60.7 Å². The van der Waals surface area contributed by atoms with Gasteiger partial charge in [0.15, 0.2) is 0 Å². The van der Waals surface area contributed by atoms with Gasteiger partial charge >= 0.3 is 24.4 Å². The Bertz CT molecular complexity index is 2620. The number of nitrogens with one attached hydrogen (secondary N) is 1. The van der Waals surface area contributed by atoms with Crippen LogP contribution >= 0.6 is 12.4 Å². The van der Waals surface area contributed by atoms with Gasteiger partial charge in [0.2, 0.25) is 0 Å². The topological polar surface area (TPSA) is 107 Å². The summed E-state index contributed by atoms with van der Waals surface area (Å²) in [7, 11) is 2.62. The van der Waals surface area contributed by atoms with E-state index in [0.717, 1.165) is 110 Å². The molecule has 8 rings (SSSR count). The Morgan fingerprint density at radius 2 is 1.20 bits per heavy atom. The number of esters is 1. The molecule has 2 aliphatic carbocycles. The van der Waals surface area contributed by atoms with E-state index in [1.807, 2.05) is 26.0 Å². The fourth-order valence-corrected chi connectivity index (χ4v) is 10.7. The van der Waals surface area contributed by atoms with Crippen LogP contribution in [0.4, 0.5) is 42.5 Å². The predicted molar refractivity (Wildman–Crippen MR) is 275 cm³/mol. The third kappa shape index (κ3) is 14.0. The van der Waals surface area contributed by atoms with Gasteiger partial charge < -0.3 is 29.2 Å². The van der Waals surface area contributed by atoms with E-state index < -0.39 is 53.1 Å². The fraction of sp³-hybridized carbons (Fsp3) is 0.526. The molecule has 0 aromatic heterocycles. The molecule has 2 fully saturated rings. The van der Waals surface area contributed by atoms with Gasteiger partial charge in [-0.3, -0.25) is 14.5 Å². The molecule has 10 nitrogen and oxygen atoms in total. The van der Waals surface area contributed by atoms with Crippen molar-refractivity contribution in [2.45, 2.75) is 167 Å². The first-order chi connectivity index (χ1) is 34.5. The van der Waals surface area contributed by atoms with E-state index in [1.54, 1.807) is 57.2 Å². The third-order valence-electron chi connectivity index (χ3n) is 14.7. The monoisotopic (exact) mass is 1060 g/mol. The molecule has 1 N–H and O–H groups in total. The molecule has 17 heteroatoms. The standard InChI is InChI=1S/C34H43F3N2O6.C23H26F3NO.ClH/c1-21-24-16-17-39(31(41)28(19-30(40)43-6)38(5)32(42)45-33(2,3)4)27(24)14-15-29(21)44-20-22-12-13-25(23-10-8-7-9-11-23)26(18-22)34(35,36)37;1-15-18-11-12-27-21(18)9-10-22(15)28-14-16-7-8-19(17-5-3-2-4-6-17)20(13-16)23(24,25)26;/h12-15,18,23,28H,7-11,16-17,19-20H2,1-6H3;7-10,13,17,27H,2-6,11-12,14H2,1H3;1H/t28-;;/m1../s1. The minimum Gasteiger partial charge on any atom is -0.489 e. The van der Waals surface area contributed by atoms with Gasteiger partial charge in [0.1, 0.15) is 36.4 Å².